The Morgan fingerprint density at radius 3 is 1.44 bits per heavy atom. The Labute approximate surface area is 572 Å². The largest absolute Gasteiger partial charge is 0.507 e. The second-order valence-electron chi connectivity index (χ2n) is 23.5. The molecule has 520 valence electrons. The maximum atomic E-state index is 15.5. The summed E-state index contributed by atoms with van der Waals surface area (Å²) >= 11 is 0. The van der Waals surface area contributed by atoms with Crippen LogP contribution in [-0.2, 0) is 89.2 Å². The van der Waals surface area contributed by atoms with Gasteiger partial charge in [0.1, 0.15) is 47.0 Å². The highest BCUT2D eigenvalue weighted by atomic mass is 16.8. The summed E-state index contributed by atoms with van der Waals surface area (Å²) in [6.45, 7) is 7.19. The summed E-state index contributed by atoms with van der Waals surface area (Å²) < 4.78 is 99.5. The van der Waals surface area contributed by atoms with Crippen molar-refractivity contribution in [3.8, 4) is 34.3 Å². The summed E-state index contributed by atoms with van der Waals surface area (Å²) in [5.74, 6) is -7.56. The van der Waals surface area contributed by atoms with Crippen molar-refractivity contribution in [2.45, 2.75) is 141 Å². The molecule has 14 atom stereocenters. The van der Waals surface area contributed by atoms with Crippen LogP contribution in [0.4, 0.5) is 0 Å². The van der Waals surface area contributed by atoms with Gasteiger partial charge in [-0.25, -0.2) is 14.4 Å². The number of carbonyl (C=O) groups excluding carboxylic acids is 7. The molecule has 8 aromatic rings. The van der Waals surface area contributed by atoms with Gasteiger partial charge in [-0.2, -0.15) is 0 Å². The van der Waals surface area contributed by atoms with E-state index < -0.39 is 150 Å². The highest BCUT2D eigenvalue weighted by molar-refractivity contribution is 5.92. The van der Waals surface area contributed by atoms with E-state index in [0.29, 0.717) is 11.3 Å². The molecular formula is C75H70O25. The Kier molecular flexibility index (Phi) is 22.6. The Morgan fingerprint density at radius 2 is 0.900 bits per heavy atom. The van der Waals surface area contributed by atoms with Crippen molar-refractivity contribution in [3.63, 3.8) is 0 Å². The van der Waals surface area contributed by atoms with Gasteiger partial charge in [0.05, 0.1) is 42.1 Å². The minimum absolute atomic E-state index is 0.0691. The van der Waals surface area contributed by atoms with Gasteiger partial charge in [0.2, 0.25) is 36.0 Å². The van der Waals surface area contributed by atoms with Gasteiger partial charge in [0, 0.05) is 45.4 Å². The number of phenolic OH excluding ortho intramolecular Hbond substituents is 1. The van der Waals surface area contributed by atoms with Crippen molar-refractivity contribution in [2.24, 2.45) is 0 Å². The molecule has 3 aliphatic rings. The van der Waals surface area contributed by atoms with E-state index in [-0.39, 0.29) is 59.2 Å². The van der Waals surface area contributed by atoms with Gasteiger partial charge in [-0.05, 0) is 85.6 Å². The Bertz CT molecular complexity index is 4230. The maximum Gasteiger partial charge on any atom is 0.338 e. The summed E-state index contributed by atoms with van der Waals surface area (Å²) in [5.41, 5.74) is 0.653. The van der Waals surface area contributed by atoms with Gasteiger partial charge >= 0.3 is 41.8 Å². The van der Waals surface area contributed by atoms with Gasteiger partial charge < -0.3 is 80.6 Å². The fourth-order valence-corrected chi connectivity index (χ4v) is 11.6. The monoisotopic (exact) mass is 1370 g/mol. The van der Waals surface area contributed by atoms with Crippen molar-refractivity contribution >= 4 is 52.8 Å². The quantitative estimate of drug-likeness (QED) is 0.0460. The maximum absolute atomic E-state index is 15.5. The lowest BCUT2D eigenvalue weighted by atomic mass is 9.98. The summed E-state index contributed by atoms with van der Waals surface area (Å²) in [4.78, 5) is 109. The van der Waals surface area contributed by atoms with Crippen LogP contribution in [0.2, 0.25) is 0 Å². The van der Waals surface area contributed by atoms with Gasteiger partial charge in [0.15, 0.2) is 42.6 Å². The molecule has 3 fully saturated rings. The summed E-state index contributed by atoms with van der Waals surface area (Å²) in [6.07, 6.45) is -21.2. The SMILES string of the molecule is CC(=O)O[C@@H]1[C@@H](O[C@H]2OC[C@H](OC(C)=O)[C@H](OC(C)=O)[C@H]2OCc2ccccc2)[C@H](C)O[C@@H](Oc2c(-c3ccc(OCc4ccccc4)cc3)oc3cc(O[C@@H]4O[C@@H](C)[C@H](OC(=O)c5ccccc5)[C@@H](OC(=O)c5ccccc5)[C@H]4OC(=O)c4ccccc4)cc(O)c3c2=O)[C@@H]1OC(C)=O. The molecule has 0 unspecified atom stereocenters. The molecule has 3 saturated heterocycles. The van der Waals surface area contributed by atoms with E-state index >= 15 is 4.79 Å². The lowest BCUT2D eigenvalue weighted by molar-refractivity contribution is -0.341. The molecule has 25 heteroatoms. The second-order valence-corrected chi connectivity index (χ2v) is 23.5. The number of esters is 7. The smallest absolute Gasteiger partial charge is 0.338 e. The topological polar surface area (TPSA) is 308 Å². The molecule has 0 amide bonds. The number of fused-ring (bicyclic) bond motifs is 1. The number of hydrogen-bond donors (Lipinski definition) is 1. The first-order chi connectivity index (χ1) is 48.2. The number of aromatic hydroxyl groups is 1. The Hall–Kier alpha value is -11.0. The molecule has 3 aliphatic heterocycles. The van der Waals surface area contributed by atoms with Crippen molar-refractivity contribution in [3.05, 3.63) is 226 Å². The van der Waals surface area contributed by atoms with E-state index in [2.05, 4.69) is 0 Å². The number of ether oxygens (including phenoxy) is 15. The first-order valence-electron chi connectivity index (χ1n) is 31.9. The number of rotatable bonds is 23. The minimum Gasteiger partial charge on any atom is -0.507 e. The molecule has 0 radical (unpaired) electrons. The fourth-order valence-electron chi connectivity index (χ4n) is 11.6. The molecule has 1 N–H and O–H groups in total. The molecule has 7 aromatic carbocycles. The van der Waals surface area contributed by atoms with Crippen LogP contribution in [0, 0.1) is 0 Å². The second kappa shape index (κ2) is 32.1. The number of phenols is 1. The molecule has 0 bridgehead atoms. The van der Waals surface area contributed by atoms with Crippen LogP contribution >= 0.6 is 0 Å². The van der Waals surface area contributed by atoms with E-state index in [4.69, 9.17) is 75.5 Å². The van der Waals surface area contributed by atoms with Crippen LogP contribution < -0.4 is 19.6 Å². The Morgan fingerprint density at radius 1 is 0.450 bits per heavy atom. The molecule has 0 aliphatic carbocycles. The zero-order valence-electron chi connectivity index (χ0n) is 54.8. The molecular weight excluding hydrogens is 1300 g/mol. The normalized spacial score (nSPS) is 24.1. The standard InChI is InChI=1S/C75H70O25/c1-41-60(96-70(82)50-26-16-9-17-27-50)66(97-71(83)51-28-18-10-19-29-51)69(98-72(84)52-30-20-11-21-31-52)74(88-41)94-54-36-55(80)58-56(37-54)95-62(49-32-34-53(35-33-49)85-38-47-22-12-7-13-23-47)64(59(58)81)100-75-68(93-46(6)79)65(92-45(5)78)61(42(2)89-75)99-73-67(86-39-48-24-14-8-15-25-48)63(91-44(4)77)57(40-87-73)90-43(3)76/h7-37,41-42,57,60-61,63,65-69,73-75,80H,38-40H2,1-6H3/t41-,42-,57-,60-,61-,63-,65+,66+,67+,68+,69+,73+,74-,75-/m0/s1. The Balaban J connectivity index is 0.970. The van der Waals surface area contributed by atoms with E-state index in [9.17, 15) is 38.7 Å². The van der Waals surface area contributed by atoms with Crippen LogP contribution in [-0.4, -0.2) is 140 Å². The summed E-state index contributed by atoms with van der Waals surface area (Å²) in [7, 11) is 0. The van der Waals surface area contributed by atoms with E-state index in [1.807, 2.05) is 30.3 Å². The van der Waals surface area contributed by atoms with E-state index in [1.165, 1.54) is 63.2 Å². The lowest BCUT2D eigenvalue weighted by Crippen LogP contribution is -2.65. The lowest BCUT2D eigenvalue weighted by Gasteiger charge is -2.47. The average molecular weight is 1370 g/mol. The predicted octanol–water partition coefficient (Wildman–Crippen LogP) is 9.72. The third-order valence-electron chi connectivity index (χ3n) is 16.2. The minimum atomic E-state index is -1.87. The van der Waals surface area contributed by atoms with Crippen LogP contribution in [0.1, 0.15) is 83.7 Å². The van der Waals surface area contributed by atoms with Crippen LogP contribution in [0.15, 0.2) is 197 Å². The molecule has 11 rings (SSSR count). The predicted molar refractivity (Wildman–Crippen MR) is 349 cm³/mol. The van der Waals surface area contributed by atoms with E-state index in [0.717, 1.165) is 32.4 Å². The van der Waals surface area contributed by atoms with Crippen molar-refractivity contribution in [1.29, 1.82) is 0 Å². The molecule has 4 heterocycles. The highest BCUT2D eigenvalue weighted by Gasteiger charge is 2.56. The summed E-state index contributed by atoms with van der Waals surface area (Å²) in [5, 5.41) is 11.7. The zero-order valence-corrected chi connectivity index (χ0v) is 54.8. The van der Waals surface area contributed by atoms with Gasteiger partial charge in [-0.15, -0.1) is 0 Å². The van der Waals surface area contributed by atoms with Crippen LogP contribution in [0.3, 0.4) is 0 Å². The van der Waals surface area contributed by atoms with Crippen LogP contribution in [0.25, 0.3) is 22.3 Å². The fraction of sp³-hybridized carbons (Fsp3) is 0.307. The number of hydrogen-bond acceptors (Lipinski definition) is 25. The van der Waals surface area contributed by atoms with Crippen molar-refractivity contribution < 1.29 is 114 Å². The third-order valence-corrected chi connectivity index (χ3v) is 16.2. The van der Waals surface area contributed by atoms with Crippen molar-refractivity contribution in [1.82, 2.24) is 0 Å². The first-order valence-corrected chi connectivity index (χ1v) is 31.9. The number of benzene rings is 7. The molecule has 0 spiro atoms. The number of carbonyl (C=O) groups is 7. The summed E-state index contributed by atoms with van der Waals surface area (Å²) in [6, 6.07) is 50.5. The molecule has 25 nitrogen and oxygen atoms in total. The van der Waals surface area contributed by atoms with Gasteiger partial charge in [0.25, 0.3) is 0 Å². The highest BCUT2D eigenvalue weighted by Crippen LogP contribution is 2.41. The van der Waals surface area contributed by atoms with Crippen LogP contribution in [0.5, 0.6) is 23.0 Å². The zero-order chi connectivity index (χ0) is 70.6. The van der Waals surface area contributed by atoms with E-state index in [1.54, 1.807) is 109 Å². The molecule has 0 saturated carbocycles. The average Bonchev–Trinajstić information content (AvgIpc) is 0.755. The molecule has 100 heavy (non-hydrogen) atoms. The first kappa shape index (κ1) is 70.4. The van der Waals surface area contributed by atoms with Gasteiger partial charge in [-0.1, -0.05) is 115 Å². The third kappa shape index (κ3) is 17.1. The molecule has 1 aromatic heterocycles. The van der Waals surface area contributed by atoms with Crippen molar-refractivity contribution in [2.75, 3.05) is 6.61 Å². The van der Waals surface area contributed by atoms with Gasteiger partial charge in [-0.3, -0.25) is 24.0 Å².